The molecular weight excluding hydrogens is 366 g/mol. The number of thiophene rings is 1. The first kappa shape index (κ1) is 17.0. The summed E-state index contributed by atoms with van der Waals surface area (Å²) >= 11 is 1.19. The van der Waals surface area contributed by atoms with Gasteiger partial charge >= 0.3 is 5.97 Å². The molecule has 2 amide bonds. The van der Waals surface area contributed by atoms with E-state index in [4.69, 9.17) is 9.57 Å². The molecule has 1 aliphatic heterocycles. The minimum atomic E-state index is -0.768. The number of ether oxygens (including phenoxy) is 1. The van der Waals surface area contributed by atoms with Gasteiger partial charge in [0.05, 0.1) is 18.2 Å². The lowest BCUT2D eigenvalue weighted by molar-refractivity contribution is -0.0581. The number of hydrogen-bond acceptors (Lipinski definition) is 6. The van der Waals surface area contributed by atoms with E-state index in [0.29, 0.717) is 10.8 Å². The minimum absolute atomic E-state index is 0.219. The topological polar surface area (TPSA) is 72.9 Å². The Labute approximate surface area is 158 Å². The van der Waals surface area contributed by atoms with Crippen molar-refractivity contribution in [2.75, 3.05) is 7.11 Å². The number of para-hydroxylation sites is 1. The van der Waals surface area contributed by atoms with Crippen molar-refractivity contribution in [1.29, 1.82) is 0 Å². The van der Waals surface area contributed by atoms with E-state index in [-0.39, 0.29) is 16.0 Å². The average molecular weight is 379 g/mol. The molecule has 4 rings (SSSR count). The third-order valence-corrected chi connectivity index (χ3v) is 5.21. The van der Waals surface area contributed by atoms with Gasteiger partial charge < -0.3 is 9.57 Å². The molecule has 1 aromatic heterocycles. The number of carbonyl (C=O) groups is 3. The quantitative estimate of drug-likeness (QED) is 0.645. The van der Waals surface area contributed by atoms with E-state index in [2.05, 4.69) is 0 Å². The molecule has 0 aliphatic carbocycles. The first-order valence-corrected chi connectivity index (χ1v) is 8.85. The van der Waals surface area contributed by atoms with Crippen LogP contribution in [0.15, 0.2) is 60.7 Å². The molecule has 0 saturated carbocycles. The van der Waals surface area contributed by atoms with Crippen molar-refractivity contribution in [3.05, 3.63) is 76.7 Å². The van der Waals surface area contributed by atoms with E-state index in [1.807, 2.05) is 24.3 Å². The summed E-state index contributed by atoms with van der Waals surface area (Å²) in [6.45, 7) is 0. The minimum Gasteiger partial charge on any atom is -0.496 e. The van der Waals surface area contributed by atoms with Crippen molar-refractivity contribution < 1.29 is 24.0 Å². The van der Waals surface area contributed by atoms with Crippen LogP contribution in [0.4, 0.5) is 0 Å². The molecule has 2 aromatic carbocycles. The molecule has 134 valence electrons. The van der Waals surface area contributed by atoms with Crippen LogP contribution in [0.1, 0.15) is 30.4 Å². The van der Waals surface area contributed by atoms with Crippen molar-refractivity contribution in [2.45, 2.75) is 0 Å². The molecule has 3 aromatic rings. The number of hydrogen-bond donors (Lipinski definition) is 0. The molecule has 0 saturated heterocycles. The second-order valence-corrected chi connectivity index (χ2v) is 6.78. The Hall–Kier alpha value is -3.45. The predicted octanol–water partition coefficient (Wildman–Crippen LogP) is 3.79. The van der Waals surface area contributed by atoms with E-state index in [1.54, 1.807) is 31.4 Å². The number of methoxy groups -OCH3 is 1. The first-order valence-electron chi connectivity index (χ1n) is 8.03. The Morgan fingerprint density at radius 1 is 0.852 bits per heavy atom. The van der Waals surface area contributed by atoms with Crippen molar-refractivity contribution in [3.8, 4) is 16.2 Å². The van der Waals surface area contributed by atoms with Gasteiger partial charge in [-0.15, -0.1) is 11.3 Å². The van der Waals surface area contributed by atoms with Crippen molar-refractivity contribution in [1.82, 2.24) is 5.06 Å². The fraction of sp³-hybridized carbons (Fsp3) is 0.0500. The molecule has 0 N–H and O–H groups in total. The van der Waals surface area contributed by atoms with Crippen LogP contribution in [0.5, 0.6) is 5.75 Å². The molecule has 2 heterocycles. The summed E-state index contributed by atoms with van der Waals surface area (Å²) in [6, 6.07) is 17.1. The van der Waals surface area contributed by atoms with E-state index < -0.39 is 17.8 Å². The van der Waals surface area contributed by atoms with Gasteiger partial charge in [0.1, 0.15) is 10.6 Å². The Morgan fingerprint density at radius 2 is 1.44 bits per heavy atom. The van der Waals surface area contributed by atoms with Crippen molar-refractivity contribution in [2.24, 2.45) is 0 Å². The third kappa shape index (κ3) is 2.88. The van der Waals surface area contributed by atoms with Crippen LogP contribution in [-0.2, 0) is 4.84 Å². The fourth-order valence-electron chi connectivity index (χ4n) is 2.82. The number of amides is 2. The van der Waals surface area contributed by atoms with Crippen LogP contribution < -0.4 is 4.74 Å². The number of fused-ring (bicyclic) bond motifs is 1. The van der Waals surface area contributed by atoms with Gasteiger partial charge in [-0.3, -0.25) is 9.59 Å². The molecule has 0 atom stereocenters. The normalized spacial score (nSPS) is 12.9. The lowest BCUT2D eigenvalue weighted by Gasteiger charge is -2.11. The van der Waals surface area contributed by atoms with Crippen LogP contribution >= 0.6 is 11.3 Å². The first-order chi connectivity index (χ1) is 13.1. The lowest BCUT2D eigenvalue weighted by atomic mass is 10.1. The standard InChI is InChI=1S/C20H13NO5S/c1-25-15-9-5-4-8-14(15)16-10-11-17(27-16)20(24)26-21-18(22)12-6-2-3-7-13(12)19(21)23/h2-11H,1H3. The molecule has 6 nitrogen and oxygen atoms in total. The number of benzene rings is 2. The molecular formula is C20H13NO5S. The summed E-state index contributed by atoms with van der Waals surface area (Å²) in [6.07, 6.45) is 0. The number of nitrogens with zero attached hydrogens (tertiary/aromatic N) is 1. The van der Waals surface area contributed by atoms with Gasteiger partial charge in [0.25, 0.3) is 11.8 Å². The second-order valence-electron chi connectivity index (χ2n) is 5.69. The maximum Gasteiger partial charge on any atom is 0.373 e. The number of carbonyl (C=O) groups excluding carboxylic acids is 3. The van der Waals surface area contributed by atoms with Gasteiger partial charge in [0.2, 0.25) is 0 Å². The maximum absolute atomic E-state index is 12.5. The predicted molar refractivity (Wildman–Crippen MR) is 98.7 cm³/mol. The van der Waals surface area contributed by atoms with Crippen LogP contribution in [0, 0.1) is 0 Å². The second kappa shape index (κ2) is 6.69. The summed E-state index contributed by atoms with van der Waals surface area (Å²) < 4.78 is 5.33. The van der Waals surface area contributed by atoms with Crippen molar-refractivity contribution >= 4 is 29.1 Å². The smallest absolute Gasteiger partial charge is 0.373 e. The molecule has 0 fully saturated rings. The zero-order valence-corrected chi connectivity index (χ0v) is 15.0. The Bertz CT molecular complexity index is 1040. The van der Waals surface area contributed by atoms with Gasteiger partial charge in [-0.25, -0.2) is 4.79 Å². The molecule has 0 radical (unpaired) electrons. The monoisotopic (exact) mass is 379 g/mol. The molecule has 1 aliphatic rings. The van der Waals surface area contributed by atoms with Gasteiger partial charge in [-0.2, -0.15) is 0 Å². The van der Waals surface area contributed by atoms with Crippen LogP contribution in [-0.4, -0.2) is 30.0 Å². The number of imide groups is 1. The Morgan fingerprint density at radius 3 is 2.07 bits per heavy atom. The Kier molecular flexibility index (Phi) is 4.21. The molecule has 0 bridgehead atoms. The van der Waals surface area contributed by atoms with Gasteiger partial charge in [0, 0.05) is 10.4 Å². The zero-order chi connectivity index (χ0) is 19.0. The van der Waals surface area contributed by atoms with Crippen LogP contribution in [0.3, 0.4) is 0 Å². The summed E-state index contributed by atoms with van der Waals surface area (Å²) in [5, 5.41) is 0.509. The maximum atomic E-state index is 12.5. The molecule has 27 heavy (non-hydrogen) atoms. The van der Waals surface area contributed by atoms with Crippen molar-refractivity contribution in [3.63, 3.8) is 0 Å². The number of rotatable bonds is 4. The van der Waals surface area contributed by atoms with Crippen LogP contribution in [0.25, 0.3) is 10.4 Å². The van der Waals surface area contributed by atoms with E-state index in [0.717, 1.165) is 10.4 Å². The average Bonchev–Trinajstić information content (AvgIpc) is 3.28. The fourth-order valence-corrected chi connectivity index (χ4v) is 3.73. The van der Waals surface area contributed by atoms with E-state index in [1.165, 1.54) is 23.5 Å². The van der Waals surface area contributed by atoms with E-state index in [9.17, 15) is 14.4 Å². The Balaban J connectivity index is 1.56. The van der Waals surface area contributed by atoms with Gasteiger partial charge in [-0.05, 0) is 36.4 Å². The van der Waals surface area contributed by atoms with Gasteiger partial charge in [0.15, 0.2) is 0 Å². The highest BCUT2D eigenvalue weighted by atomic mass is 32.1. The molecule has 0 spiro atoms. The highest BCUT2D eigenvalue weighted by Crippen LogP contribution is 2.35. The molecule has 0 unspecified atom stereocenters. The highest BCUT2D eigenvalue weighted by Gasteiger charge is 2.39. The summed E-state index contributed by atoms with van der Waals surface area (Å²) in [4.78, 5) is 43.2. The zero-order valence-electron chi connectivity index (χ0n) is 14.2. The third-order valence-electron chi connectivity index (χ3n) is 4.11. The summed E-state index contributed by atoms with van der Waals surface area (Å²) in [5.74, 6) is -1.38. The van der Waals surface area contributed by atoms with E-state index >= 15 is 0 Å². The summed E-state index contributed by atoms with van der Waals surface area (Å²) in [5.41, 5.74) is 1.28. The molecule has 7 heteroatoms. The highest BCUT2D eigenvalue weighted by molar-refractivity contribution is 7.17. The van der Waals surface area contributed by atoms with Crippen LogP contribution in [0.2, 0.25) is 0 Å². The number of hydroxylamine groups is 2. The summed E-state index contributed by atoms with van der Waals surface area (Å²) in [7, 11) is 1.57. The largest absolute Gasteiger partial charge is 0.496 e. The lowest BCUT2D eigenvalue weighted by Crippen LogP contribution is -2.32. The van der Waals surface area contributed by atoms with Gasteiger partial charge in [-0.1, -0.05) is 29.3 Å². The SMILES string of the molecule is COc1ccccc1-c1ccc(C(=O)ON2C(=O)c3ccccc3C2=O)s1.